The van der Waals surface area contributed by atoms with E-state index in [9.17, 15) is 8.42 Å². The van der Waals surface area contributed by atoms with Crippen LogP contribution in [-0.4, -0.2) is 75.3 Å². The molecule has 0 radical (unpaired) electrons. The lowest BCUT2D eigenvalue weighted by atomic mass is 10.2. The summed E-state index contributed by atoms with van der Waals surface area (Å²) < 4.78 is 29.0. The molecule has 2 heterocycles. The number of thioether (sulfide) groups is 1. The van der Waals surface area contributed by atoms with Gasteiger partial charge >= 0.3 is 0 Å². The summed E-state index contributed by atoms with van der Waals surface area (Å²) in [4.78, 5) is 2.09. The zero-order valence-corrected chi connectivity index (χ0v) is 13.1. The minimum Gasteiger partial charge on any atom is -0.377 e. The number of rotatable bonds is 6. The Morgan fingerprint density at radius 3 is 3.00 bits per heavy atom. The molecule has 112 valence electrons. The van der Waals surface area contributed by atoms with E-state index in [4.69, 9.17) is 4.74 Å². The summed E-state index contributed by atoms with van der Waals surface area (Å²) in [5.41, 5.74) is 0. The van der Waals surface area contributed by atoms with Gasteiger partial charge in [0.1, 0.15) is 5.37 Å². The lowest BCUT2D eigenvalue weighted by molar-refractivity contribution is 0.109. The van der Waals surface area contributed by atoms with Crippen LogP contribution < -0.4 is 5.32 Å². The SMILES string of the molecule is CS(=O)(=O)C1CSCCN1CCNCC1CCCO1. The fourth-order valence-corrected chi connectivity index (χ4v) is 5.53. The third kappa shape index (κ3) is 4.90. The van der Waals surface area contributed by atoms with Gasteiger partial charge < -0.3 is 10.1 Å². The van der Waals surface area contributed by atoms with Crippen molar-refractivity contribution in [1.82, 2.24) is 10.2 Å². The highest BCUT2D eigenvalue weighted by atomic mass is 32.2. The highest BCUT2D eigenvalue weighted by Crippen LogP contribution is 2.19. The van der Waals surface area contributed by atoms with Gasteiger partial charge in [-0.2, -0.15) is 11.8 Å². The first-order chi connectivity index (χ1) is 9.07. The second-order valence-corrected chi connectivity index (χ2v) is 8.59. The van der Waals surface area contributed by atoms with Crippen molar-refractivity contribution in [3.05, 3.63) is 0 Å². The summed E-state index contributed by atoms with van der Waals surface area (Å²) in [6.07, 6.45) is 3.99. The fraction of sp³-hybridized carbons (Fsp3) is 1.00. The summed E-state index contributed by atoms with van der Waals surface area (Å²) in [5.74, 6) is 1.72. The van der Waals surface area contributed by atoms with Gasteiger partial charge in [0, 0.05) is 50.5 Å². The van der Waals surface area contributed by atoms with Crippen molar-refractivity contribution in [2.75, 3.05) is 50.5 Å². The van der Waals surface area contributed by atoms with Gasteiger partial charge in [-0.25, -0.2) is 8.42 Å². The highest BCUT2D eigenvalue weighted by Gasteiger charge is 2.30. The lowest BCUT2D eigenvalue weighted by Gasteiger charge is -2.34. The third-order valence-electron chi connectivity index (χ3n) is 3.66. The molecule has 0 saturated carbocycles. The molecule has 5 nitrogen and oxygen atoms in total. The van der Waals surface area contributed by atoms with E-state index in [0.717, 1.165) is 51.4 Å². The zero-order valence-electron chi connectivity index (χ0n) is 11.5. The maximum absolute atomic E-state index is 11.7. The standard InChI is InChI=1S/C12H24N2O3S2/c1-19(15,16)12-10-18-8-6-14(12)5-4-13-9-11-3-2-7-17-11/h11-13H,2-10H2,1H3. The van der Waals surface area contributed by atoms with Gasteiger partial charge in [-0.3, -0.25) is 4.90 Å². The van der Waals surface area contributed by atoms with Crippen LogP contribution >= 0.6 is 11.8 Å². The number of nitrogens with zero attached hydrogens (tertiary/aromatic N) is 1. The van der Waals surface area contributed by atoms with E-state index in [1.54, 1.807) is 11.8 Å². The van der Waals surface area contributed by atoms with Crippen molar-refractivity contribution in [3.63, 3.8) is 0 Å². The number of hydrogen-bond donors (Lipinski definition) is 1. The van der Waals surface area contributed by atoms with Crippen LogP contribution in [0.5, 0.6) is 0 Å². The minimum absolute atomic E-state index is 0.309. The average molecular weight is 308 g/mol. The van der Waals surface area contributed by atoms with Gasteiger partial charge in [-0.05, 0) is 12.8 Å². The first-order valence-electron chi connectivity index (χ1n) is 6.90. The molecule has 0 aromatic rings. The maximum atomic E-state index is 11.7. The van der Waals surface area contributed by atoms with Crippen LogP contribution in [0, 0.1) is 0 Å². The Morgan fingerprint density at radius 2 is 2.32 bits per heavy atom. The Balaban J connectivity index is 1.70. The van der Waals surface area contributed by atoms with Crippen LogP contribution in [0.2, 0.25) is 0 Å². The van der Waals surface area contributed by atoms with Crippen molar-refractivity contribution in [1.29, 1.82) is 0 Å². The number of ether oxygens (including phenoxy) is 1. The molecule has 2 unspecified atom stereocenters. The van der Waals surface area contributed by atoms with Crippen molar-refractivity contribution in [2.45, 2.75) is 24.3 Å². The molecule has 0 bridgehead atoms. The van der Waals surface area contributed by atoms with Crippen molar-refractivity contribution >= 4 is 21.6 Å². The van der Waals surface area contributed by atoms with Crippen molar-refractivity contribution in [3.8, 4) is 0 Å². The molecule has 0 spiro atoms. The molecule has 0 aromatic carbocycles. The maximum Gasteiger partial charge on any atom is 0.164 e. The number of nitrogens with one attached hydrogen (secondary N) is 1. The van der Waals surface area contributed by atoms with Crippen LogP contribution in [-0.2, 0) is 14.6 Å². The Bertz CT molecular complexity index is 369. The second-order valence-electron chi connectivity index (χ2n) is 5.23. The van der Waals surface area contributed by atoms with E-state index in [1.807, 2.05) is 0 Å². The summed E-state index contributed by atoms with van der Waals surface area (Å²) >= 11 is 1.73. The lowest BCUT2D eigenvalue weighted by Crippen LogP contribution is -2.49. The topological polar surface area (TPSA) is 58.6 Å². The number of hydrogen-bond acceptors (Lipinski definition) is 6. The fourth-order valence-electron chi connectivity index (χ4n) is 2.56. The van der Waals surface area contributed by atoms with Gasteiger partial charge in [-0.15, -0.1) is 0 Å². The van der Waals surface area contributed by atoms with Crippen LogP contribution in [0.15, 0.2) is 0 Å². The molecule has 2 fully saturated rings. The quantitative estimate of drug-likeness (QED) is 0.706. The molecule has 2 saturated heterocycles. The van der Waals surface area contributed by atoms with Gasteiger partial charge in [-0.1, -0.05) is 0 Å². The smallest absolute Gasteiger partial charge is 0.164 e. The van der Waals surface area contributed by atoms with Gasteiger partial charge in [0.15, 0.2) is 9.84 Å². The van der Waals surface area contributed by atoms with E-state index in [-0.39, 0.29) is 5.37 Å². The van der Waals surface area contributed by atoms with E-state index in [0.29, 0.717) is 11.9 Å². The molecule has 7 heteroatoms. The predicted molar refractivity (Wildman–Crippen MR) is 79.4 cm³/mol. The molecule has 2 aliphatic heterocycles. The molecular weight excluding hydrogens is 284 g/mol. The Labute approximate surface area is 120 Å². The third-order valence-corrected chi connectivity index (χ3v) is 6.34. The molecular formula is C12H24N2O3S2. The molecule has 2 aliphatic rings. The molecule has 0 amide bonds. The number of sulfone groups is 1. The Morgan fingerprint density at radius 1 is 1.47 bits per heavy atom. The highest BCUT2D eigenvalue weighted by molar-refractivity contribution is 8.00. The molecule has 1 N–H and O–H groups in total. The van der Waals surface area contributed by atoms with Gasteiger partial charge in [0.25, 0.3) is 0 Å². The molecule has 2 atom stereocenters. The van der Waals surface area contributed by atoms with E-state index in [1.165, 1.54) is 6.26 Å². The van der Waals surface area contributed by atoms with Gasteiger partial charge in [0.05, 0.1) is 6.10 Å². The second kappa shape index (κ2) is 7.26. The van der Waals surface area contributed by atoms with Crippen LogP contribution in [0.1, 0.15) is 12.8 Å². The summed E-state index contributed by atoms with van der Waals surface area (Å²) in [5, 5.41) is 3.07. The average Bonchev–Trinajstić information content (AvgIpc) is 2.87. The normalized spacial score (nSPS) is 29.7. The molecule has 0 aromatic heterocycles. The van der Waals surface area contributed by atoms with E-state index < -0.39 is 9.84 Å². The first kappa shape index (κ1) is 15.6. The first-order valence-corrected chi connectivity index (χ1v) is 10.0. The summed E-state index contributed by atoms with van der Waals surface area (Å²) in [7, 11) is -2.98. The van der Waals surface area contributed by atoms with E-state index >= 15 is 0 Å². The van der Waals surface area contributed by atoms with Crippen molar-refractivity contribution in [2.24, 2.45) is 0 Å². The Kier molecular flexibility index (Phi) is 5.95. The van der Waals surface area contributed by atoms with Crippen molar-refractivity contribution < 1.29 is 13.2 Å². The predicted octanol–water partition coefficient (Wildman–Crippen LogP) is 0.175. The zero-order chi connectivity index (χ0) is 13.7. The van der Waals surface area contributed by atoms with Gasteiger partial charge in [0.2, 0.25) is 0 Å². The monoisotopic (exact) mass is 308 g/mol. The molecule has 0 aliphatic carbocycles. The van der Waals surface area contributed by atoms with Crippen LogP contribution in [0.4, 0.5) is 0 Å². The van der Waals surface area contributed by atoms with E-state index in [2.05, 4.69) is 10.2 Å². The Hall–Kier alpha value is 0.180. The summed E-state index contributed by atoms with van der Waals surface area (Å²) in [6.45, 7) is 4.25. The van der Waals surface area contributed by atoms with Crippen LogP contribution in [0.3, 0.4) is 0 Å². The largest absolute Gasteiger partial charge is 0.377 e. The minimum atomic E-state index is -2.98. The summed E-state index contributed by atoms with van der Waals surface area (Å²) in [6, 6.07) is 0. The molecule has 2 rings (SSSR count). The van der Waals surface area contributed by atoms with Crippen LogP contribution in [0.25, 0.3) is 0 Å². The molecule has 19 heavy (non-hydrogen) atoms.